The molecule has 4 rings (SSSR count). The van der Waals surface area contributed by atoms with E-state index in [-0.39, 0.29) is 5.91 Å². The van der Waals surface area contributed by atoms with Crippen LogP contribution < -0.4 is 0 Å². The summed E-state index contributed by atoms with van der Waals surface area (Å²) in [4.78, 5) is 18.9. The van der Waals surface area contributed by atoms with E-state index in [9.17, 15) is 4.79 Å². The van der Waals surface area contributed by atoms with Crippen molar-refractivity contribution in [2.24, 2.45) is 11.8 Å². The van der Waals surface area contributed by atoms with Crippen LogP contribution in [-0.2, 0) is 11.3 Å². The zero-order valence-corrected chi connectivity index (χ0v) is 11.5. The maximum absolute atomic E-state index is 12.5. The summed E-state index contributed by atoms with van der Waals surface area (Å²) in [5.41, 5.74) is 2.00. The van der Waals surface area contributed by atoms with Gasteiger partial charge in [0.05, 0.1) is 17.4 Å². The van der Waals surface area contributed by atoms with E-state index in [2.05, 4.69) is 9.88 Å². The van der Waals surface area contributed by atoms with Gasteiger partial charge in [-0.15, -0.1) is 0 Å². The lowest BCUT2D eigenvalue weighted by Crippen LogP contribution is -2.32. The Morgan fingerprint density at radius 3 is 2.75 bits per heavy atom. The van der Waals surface area contributed by atoms with Crippen molar-refractivity contribution >= 4 is 16.9 Å². The van der Waals surface area contributed by atoms with E-state index in [1.165, 1.54) is 19.3 Å². The van der Waals surface area contributed by atoms with Gasteiger partial charge in [0, 0.05) is 13.1 Å². The smallest absolute Gasteiger partial charge is 0.242 e. The summed E-state index contributed by atoms with van der Waals surface area (Å²) in [5.74, 6) is 1.76. The number of amides is 1. The van der Waals surface area contributed by atoms with Crippen molar-refractivity contribution in [3.63, 3.8) is 0 Å². The Kier molecular flexibility index (Phi) is 2.76. The monoisotopic (exact) mass is 269 g/mol. The number of fused-ring (bicyclic) bond motifs is 2. The quantitative estimate of drug-likeness (QED) is 0.839. The number of carbonyl (C=O) groups is 1. The number of para-hydroxylation sites is 2. The molecule has 4 nitrogen and oxygen atoms in total. The number of aromatic nitrogens is 2. The molecule has 0 bridgehead atoms. The fourth-order valence-electron chi connectivity index (χ4n) is 3.82. The van der Waals surface area contributed by atoms with Crippen molar-refractivity contribution in [2.45, 2.75) is 25.8 Å². The Bertz CT molecular complexity index is 636. The van der Waals surface area contributed by atoms with Gasteiger partial charge >= 0.3 is 0 Å². The van der Waals surface area contributed by atoms with Gasteiger partial charge in [-0.3, -0.25) is 4.79 Å². The third-order valence-electron chi connectivity index (χ3n) is 4.91. The average molecular weight is 269 g/mol. The molecule has 2 unspecified atom stereocenters. The topological polar surface area (TPSA) is 38.1 Å². The highest BCUT2D eigenvalue weighted by Crippen LogP contribution is 2.37. The zero-order valence-electron chi connectivity index (χ0n) is 11.5. The van der Waals surface area contributed by atoms with Gasteiger partial charge in [0.25, 0.3) is 0 Å². The lowest BCUT2D eigenvalue weighted by Gasteiger charge is -2.17. The fraction of sp³-hybridized carbons (Fsp3) is 0.500. The van der Waals surface area contributed by atoms with Crippen LogP contribution in [0.2, 0.25) is 0 Å². The summed E-state index contributed by atoms with van der Waals surface area (Å²) < 4.78 is 1.96. The molecule has 1 saturated heterocycles. The number of hydrogen-bond acceptors (Lipinski definition) is 2. The Morgan fingerprint density at radius 2 is 1.95 bits per heavy atom. The molecule has 2 aliphatic rings. The number of benzene rings is 1. The molecule has 0 N–H and O–H groups in total. The third kappa shape index (κ3) is 1.90. The molecule has 1 amide bonds. The SMILES string of the molecule is O=C(Cn1cnc2ccccc21)N1CC2CCCC2C1. The maximum atomic E-state index is 12.5. The third-order valence-corrected chi connectivity index (χ3v) is 4.91. The minimum atomic E-state index is 0.238. The van der Waals surface area contributed by atoms with Gasteiger partial charge in [-0.2, -0.15) is 0 Å². The van der Waals surface area contributed by atoms with Crippen molar-refractivity contribution in [3.8, 4) is 0 Å². The van der Waals surface area contributed by atoms with Crippen LogP contribution in [-0.4, -0.2) is 33.4 Å². The molecule has 20 heavy (non-hydrogen) atoms. The van der Waals surface area contributed by atoms with Crippen LogP contribution in [0.3, 0.4) is 0 Å². The lowest BCUT2D eigenvalue weighted by atomic mass is 10.0. The molecule has 0 radical (unpaired) electrons. The molecule has 2 aromatic rings. The summed E-state index contributed by atoms with van der Waals surface area (Å²) in [6.45, 7) is 2.35. The van der Waals surface area contributed by atoms with Crippen LogP contribution in [0.4, 0.5) is 0 Å². The second-order valence-corrected chi connectivity index (χ2v) is 6.11. The summed E-state index contributed by atoms with van der Waals surface area (Å²) in [6.07, 6.45) is 5.74. The normalized spacial score (nSPS) is 25.3. The summed E-state index contributed by atoms with van der Waals surface area (Å²) in [5, 5.41) is 0. The molecule has 0 spiro atoms. The fourth-order valence-corrected chi connectivity index (χ4v) is 3.82. The minimum Gasteiger partial charge on any atom is -0.341 e. The molecule has 1 aliphatic carbocycles. The number of imidazole rings is 1. The predicted molar refractivity (Wildman–Crippen MR) is 77.1 cm³/mol. The van der Waals surface area contributed by atoms with Crippen molar-refractivity contribution in [2.75, 3.05) is 13.1 Å². The second-order valence-electron chi connectivity index (χ2n) is 6.11. The van der Waals surface area contributed by atoms with E-state index in [1.54, 1.807) is 6.33 Å². The molecule has 104 valence electrons. The molecule has 2 atom stereocenters. The van der Waals surface area contributed by atoms with Crippen LogP contribution in [0.25, 0.3) is 11.0 Å². The molecule has 2 fully saturated rings. The van der Waals surface area contributed by atoms with E-state index in [4.69, 9.17) is 0 Å². The van der Waals surface area contributed by atoms with Crippen LogP contribution in [0.1, 0.15) is 19.3 Å². The maximum Gasteiger partial charge on any atom is 0.242 e. The first-order valence-electron chi connectivity index (χ1n) is 7.49. The van der Waals surface area contributed by atoms with Gasteiger partial charge < -0.3 is 9.47 Å². The van der Waals surface area contributed by atoms with Gasteiger partial charge in [-0.05, 0) is 36.8 Å². The number of nitrogens with zero attached hydrogens (tertiary/aromatic N) is 3. The Hall–Kier alpha value is -1.84. The van der Waals surface area contributed by atoms with E-state index in [0.717, 1.165) is 36.0 Å². The van der Waals surface area contributed by atoms with Crippen LogP contribution in [0, 0.1) is 11.8 Å². The first kappa shape index (κ1) is 11.9. The molecule has 1 aromatic carbocycles. The van der Waals surface area contributed by atoms with Crippen molar-refractivity contribution in [3.05, 3.63) is 30.6 Å². The highest BCUT2D eigenvalue weighted by atomic mass is 16.2. The summed E-state index contributed by atoms with van der Waals surface area (Å²) in [7, 11) is 0. The highest BCUT2D eigenvalue weighted by Gasteiger charge is 2.37. The molecule has 2 heterocycles. The number of hydrogen-bond donors (Lipinski definition) is 0. The lowest BCUT2D eigenvalue weighted by molar-refractivity contribution is -0.131. The van der Waals surface area contributed by atoms with Crippen molar-refractivity contribution in [1.29, 1.82) is 0 Å². The number of likely N-dealkylation sites (tertiary alicyclic amines) is 1. The molecular weight excluding hydrogens is 250 g/mol. The molecule has 1 aliphatic heterocycles. The van der Waals surface area contributed by atoms with E-state index in [1.807, 2.05) is 28.8 Å². The zero-order chi connectivity index (χ0) is 13.5. The van der Waals surface area contributed by atoms with Crippen molar-refractivity contribution in [1.82, 2.24) is 14.5 Å². The van der Waals surface area contributed by atoms with E-state index >= 15 is 0 Å². The molecule has 4 heteroatoms. The average Bonchev–Trinajstić information content (AvgIpc) is 3.12. The Balaban J connectivity index is 1.50. The van der Waals surface area contributed by atoms with Crippen LogP contribution >= 0.6 is 0 Å². The Labute approximate surface area is 118 Å². The second kappa shape index (κ2) is 4.62. The molecule has 1 saturated carbocycles. The Morgan fingerprint density at radius 1 is 1.20 bits per heavy atom. The van der Waals surface area contributed by atoms with Gasteiger partial charge in [-0.25, -0.2) is 4.98 Å². The van der Waals surface area contributed by atoms with Gasteiger partial charge in [0.15, 0.2) is 0 Å². The van der Waals surface area contributed by atoms with E-state index < -0.39 is 0 Å². The number of carbonyl (C=O) groups excluding carboxylic acids is 1. The van der Waals surface area contributed by atoms with E-state index in [0.29, 0.717) is 6.54 Å². The number of rotatable bonds is 2. The van der Waals surface area contributed by atoms with Crippen LogP contribution in [0.15, 0.2) is 30.6 Å². The van der Waals surface area contributed by atoms with Crippen LogP contribution in [0.5, 0.6) is 0 Å². The predicted octanol–water partition coefficient (Wildman–Crippen LogP) is 2.29. The largest absolute Gasteiger partial charge is 0.341 e. The minimum absolute atomic E-state index is 0.238. The first-order valence-corrected chi connectivity index (χ1v) is 7.49. The van der Waals surface area contributed by atoms with Gasteiger partial charge in [-0.1, -0.05) is 18.6 Å². The van der Waals surface area contributed by atoms with Crippen molar-refractivity contribution < 1.29 is 4.79 Å². The van der Waals surface area contributed by atoms with Gasteiger partial charge in [0.2, 0.25) is 5.91 Å². The standard InChI is InChI=1S/C16H19N3O/c20-16(18-8-12-4-3-5-13(12)9-18)10-19-11-17-14-6-1-2-7-15(14)19/h1-2,6-7,11-13H,3-5,8-10H2. The molecule has 1 aromatic heterocycles. The first-order chi connectivity index (χ1) is 9.81. The highest BCUT2D eigenvalue weighted by molar-refractivity contribution is 5.80. The van der Waals surface area contributed by atoms with Gasteiger partial charge in [0.1, 0.15) is 6.54 Å². The summed E-state index contributed by atoms with van der Waals surface area (Å²) in [6, 6.07) is 7.97. The molecular formula is C16H19N3O. The summed E-state index contributed by atoms with van der Waals surface area (Å²) >= 11 is 0.